The molecule has 6 rings (SSSR count). The van der Waals surface area contributed by atoms with E-state index in [4.69, 9.17) is 9.72 Å². The third-order valence-corrected chi connectivity index (χ3v) is 7.28. The van der Waals surface area contributed by atoms with Crippen LogP contribution in [-0.2, 0) is 5.60 Å². The molecule has 0 aliphatic carbocycles. The molecule has 196 valence electrons. The van der Waals surface area contributed by atoms with Gasteiger partial charge in [0.2, 0.25) is 5.88 Å². The first-order valence-electron chi connectivity index (χ1n) is 12.7. The van der Waals surface area contributed by atoms with Gasteiger partial charge >= 0.3 is 0 Å². The predicted molar refractivity (Wildman–Crippen MR) is 146 cm³/mol. The zero-order chi connectivity index (χ0) is 27.0. The highest BCUT2D eigenvalue weighted by atomic mass is 16.5. The maximum absolute atomic E-state index is 13.3. The first kappa shape index (κ1) is 24.6. The van der Waals surface area contributed by atoms with Crippen LogP contribution in [0, 0.1) is 0 Å². The number of hydrogen-bond donors (Lipinski definition) is 3. The van der Waals surface area contributed by atoms with Crippen molar-refractivity contribution in [3.63, 3.8) is 0 Å². The number of H-pyrrole nitrogens is 1. The molecule has 1 fully saturated rings. The standard InChI is InChI=1S/C30H27N5O4/c1-39-28-21(5-4-14-32-28)19-8-10-25(36)22(17-19)27-33-23-9-7-20(18-24(23)34-27)29(37)35-15-11-30(38,12-16-35)26-6-2-3-13-31-26/h2-10,13-14,17-18,36,38H,11-12,15-16H2,1H3,(H,33,34). The number of phenolic OH excluding ortho intramolecular Hbond substituents is 1. The second-order valence-corrected chi connectivity index (χ2v) is 9.65. The number of aromatic hydroxyl groups is 1. The minimum atomic E-state index is -1.03. The molecule has 1 amide bonds. The van der Waals surface area contributed by atoms with Gasteiger partial charge < -0.3 is 24.8 Å². The molecule has 3 N–H and O–H groups in total. The third-order valence-electron chi connectivity index (χ3n) is 7.28. The van der Waals surface area contributed by atoms with Crippen molar-refractivity contribution >= 4 is 16.9 Å². The van der Waals surface area contributed by atoms with Crippen molar-refractivity contribution in [3.05, 3.63) is 90.4 Å². The number of piperidine rings is 1. The van der Waals surface area contributed by atoms with Crippen molar-refractivity contribution in [3.8, 4) is 34.1 Å². The van der Waals surface area contributed by atoms with Crippen LogP contribution < -0.4 is 4.74 Å². The summed E-state index contributed by atoms with van der Waals surface area (Å²) in [6.07, 6.45) is 4.17. The van der Waals surface area contributed by atoms with Gasteiger partial charge in [-0.15, -0.1) is 0 Å². The highest BCUT2D eigenvalue weighted by Gasteiger charge is 2.36. The third kappa shape index (κ3) is 4.57. The van der Waals surface area contributed by atoms with Crippen LogP contribution in [0.25, 0.3) is 33.5 Å². The number of methoxy groups -OCH3 is 1. The fraction of sp³-hybridized carbons (Fsp3) is 0.200. The minimum absolute atomic E-state index is 0.0747. The first-order chi connectivity index (χ1) is 18.9. The number of benzene rings is 2. The average Bonchev–Trinajstić information content (AvgIpc) is 3.41. The summed E-state index contributed by atoms with van der Waals surface area (Å²) >= 11 is 0. The number of hydrogen-bond acceptors (Lipinski definition) is 7. The van der Waals surface area contributed by atoms with E-state index in [1.54, 1.807) is 48.7 Å². The molecule has 39 heavy (non-hydrogen) atoms. The van der Waals surface area contributed by atoms with E-state index in [2.05, 4.69) is 15.0 Å². The van der Waals surface area contributed by atoms with E-state index >= 15 is 0 Å². The number of aliphatic hydroxyl groups is 1. The number of imidazole rings is 1. The average molecular weight is 522 g/mol. The number of carbonyl (C=O) groups is 1. The van der Waals surface area contributed by atoms with E-state index in [1.165, 1.54) is 0 Å². The van der Waals surface area contributed by atoms with E-state index in [1.807, 2.05) is 42.5 Å². The Labute approximate surface area is 224 Å². The summed E-state index contributed by atoms with van der Waals surface area (Å²) in [5.74, 6) is 0.928. The minimum Gasteiger partial charge on any atom is -0.507 e. The van der Waals surface area contributed by atoms with Gasteiger partial charge in [0.15, 0.2) is 0 Å². The number of nitrogens with zero attached hydrogens (tertiary/aromatic N) is 4. The van der Waals surface area contributed by atoms with E-state index in [0.29, 0.717) is 60.0 Å². The maximum Gasteiger partial charge on any atom is 0.253 e. The van der Waals surface area contributed by atoms with E-state index in [9.17, 15) is 15.0 Å². The number of aromatic nitrogens is 4. The zero-order valence-corrected chi connectivity index (χ0v) is 21.3. The van der Waals surface area contributed by atoms with Crippen LogP contribution in [0.3, 0.4) is 0 Å². The number of rotatable bonds is 5. The molecule has 0 bridgehead atoms. The van der Waals surface area contributed by atoms with Gasteiger partial charge in [-0.2, -0.15) is 0 Å². The Balaban J connectivity index is 1.25. The van der Waals surface area contributed by atoms with Crippen LogP contribution in [0.1, 0.15) is 28.9 Å². The topological polar surface area (TPSA) is 124 Å². The molecule has 1 aliphatic heterocycles. The summed E-state index contributed by atoms with van der Waals surface area (Å²) in [5.41, 5.74) is 3.61. The molecule has 4 heterocycles. The van der Waals surface area contributed by atoms with Crippen molar-refractivity contribution in [2.45, 2.75) is 18.4 Å². The number of phenols is 1. The van der Waals surface area contributed by atoms with Crippen LogP contribution in [0.15, 0.2) is 79.1 Å². The number of pyridine rings is 2. The van der Waals surface area contributed by atoms with Crippen molar-refractivity contribution in [2.75, 3.05) is 20.2 Å². The fourth-order valence-electron chi connectivity index (χ4n) is 5.09. The van der Waals surface area contributed by atoms with Crippen LogP contribution in [0.5, 0.6) is 11.6 Å². The summed E-state index contributed by atoms with van der Waals surface area (Å²) in [6.45, 7) is 0.850. The van der Waals surface area contributed by atoms with Gasteiger partial charge in [-0.3, -0.25) is 9.78 Å². The molecule has 9 nitrogen and oxygen atoms in total. The molecule has 0 saturated carbocycles. The largest absolute Gasteiger partial charge is 0.507 e. The van der Waals surface area contributed by atoms with E-state index in [-0.39, 0.29) is 11.7 Å². The summed E-state index contributed by atoms with van der Waals surface area (Å²) < 4.78 is 5.39. The molecule has 0 unspecified atom stereocenters. The lowest BCUT2D eigenvalue weighted by atomic mass is 9.87. The SMILES string of the molecule is COc1ncccc1-c1ccc(O)c(-c2nc3cc(C(=O)N4CCC(O)(c5ccccn5)CC4)ccc3[nH]2)c1. The van der Waals surface area contributed by atoms with Gasteiger partial charge in [-0.1, -0.05) is 12.1 Å². The lowest BCUT2D eigenvalue weighted by Gasteiger charge is -2.37. The molecule has 5 aromatic rings. The Morgan fingerprint density at radius 1 is 0.974 bits per heavy atom. The summed E-state index contributed by atoms with van der Waals surface area (Å²) in [5, 5.41) is 21.7. The lowest BCUT2D eigenvalue weighted by Crippen LogP contribution is -2.45. The maximum atomic E-state index is 13.3. The van der Waals surface area contributed by atoms with Gasteiger partial charge in [0, 0.05) is 36.6 Å². The molecular formula is C30H27N5O4. The highest BCUT2D eigenvalue weighted by molar-refractivity contribution is 5.98. The number of likely N-dealkylation sites (tertiary alicyclic amines) is 1. The number of aromatic amines is 1. The molecule has 1 saturated heterocycles. The number of fused-ring (bicyclic) bond motifs is 1. The molecule has 3 aromatic heterocycles. The van der Waals surface area contributed by atoms with E-state index in [0.717, 1.165) is 16.6 Å². The van der Waals surface area contributed by atoms with Crippen molar-refractivity contribution in [2.24, 2.45) is 0 Å². The molecule has 0 spiro atoms. The second-order valence-electron chi connectivity index (χ2n) is 9.65. The van der Waals surface area contributed by atoms with Crippen LogP contribution >= 0.6 is 0 Å². The summed E-state index contributed by atoms with van der Waals surface area (Å²) in [6, 6.07) is 19.8. The smallest absolute Gasteiger partial charge is 0.253 e. The van der Waals surface area contributed by atoms with Crippen LogP contribution in [0.4, 0.5) is 0 Å². The van der Waals surface area contributed by atoms with Gasteiger partial charge in [-0.25, -0.2) is 9.97 Å². The second kappa shape index (κ2) is 9.85. The molecule has 0 atom stereocenters. The van der Waals surface area contributed by atoms with Crippen molar-refractivity contribution in [1.29, 1.82) is 0 Å². The molecule has 9 heteroatoms. The van der Waals surface area contributed by atoms with Crippen LogP contribution in [-0.4, -0.2) is 61.2 Å². The molecule has 2 aromatic carbocycles. The number of carbonyl (C=O) groups excluding carboxylic acids is 1. The Morgan fingerprint density at radius 3 is 2.56 bits per heavy atom. The summed E-state index contributed by atoms with van der Waals surface area (Å²) in [7, 11) is 1.57. The monoisotopic (exact) mass is 521 g/mol. The normalized spacial score (nSPS) is 14.9. The first-order valence-corrected chi connectivity index (χ1v) is 12.7. The van der Waals surface area contributed by atoms with Gasteiger partial charge in [0.05, 0.1) is 29.4 Å². The predicted octanol–water partition coefficient (Wildman–Crippen LogP) is 4.52. The number of amides is 1. The number of ether oxygens (including phenoxy) is 1. The molecule has 0 radical (unpaired) electrons. The molecular weight excluding hydrogens is 494 g/mol. The van der Waals surface area contributed by atoms with Crippen molar-refractivity contribution < 1.29 is 19.7 Å². The van der Waals surface area contributed by atoms with Crippen LogP contribution in [0.2, 0.25) is 0 Å². The molecule has 1 aliphatic rings. The Bertz CT molecular complexity index is 1660. The Morgan fingerprint density at radius 2 is 1.79 bits per heavy atom. The Hall–Kier alpha value is -4.76. The quantitative estimate of drug-likeness (QED) is 0.310. The van der Waals surface area contributed by atoms with E-state index < -0.39 is 5.60 Å². The van der Waals surface area contributed by atoms with Crippen molar-refractivity contribution in [1.82, 2.24) is 24.8 Å². The number of nitrogens with one attached hydrogen (secondary N) is 1. The highest BCUT2D eigenvalue weighted by Crippen LogP contribution is 2.36. The van der Waals surface area contributed by atoms with Gasteiger partial charge in [0.25, 0.3) is 5.91 Å². The summed E-state index contributed by atoms with van der Waals surface area (Å²) in [4.78, 5) is 31.6. The zero-order valence-electron chi connectivity index (χ0n) is 21.3. The van der Waals surface area contributed by atoms with Gasteiger partial charge in [0.1, 0.15) is 17.2 Å². The lowest BCUT2D eigenvalue weighted by molar-refractivity contribution is -0.0244. The fourth-order valence-corrected chi connectivity index (χ4v) is 5.09. The Kier molecular flexibility index (Phi) is 6.20. The van der Waals surface area contributed by atoms with Gasteiger partial charge in [-0.05, 0) is 73.0 Å².